The Kier molecular flexibility index (Phi) is 6.72. The smallest absolute Gasteiger partial charge is 0.240 e. The normalized spacial score (nSPS) is 21.2. The number of nitrogens with one attached hydrogen (secondary N) is 3. The van der Waals surface area contributed by atoms with Gasteiger partial charge >= 0.3 is 0 Å². The minimum atomic E-state index is -3.57. The largest absolute Gasteiger partial charge is 0.497 e. The van der Waals surface area contributed by atoms with Gasteiger partial charge in [-0.1, -0.05) is 29.8 Å². The van der Waals surface area contributed by atoms with E-state index in [1.54, 1.807) is 31.4 Å². The molecule has 152 valence electrons. The van der Waals surface area contributed by atoms with Crippen LogP contribution in [0.1, 0.15) is 17.2 Å². The molecule has 1 heterocycles. The van der Waals surface area contributed by atoms with Crippen LogP contribution in [0.2, 0.25) is 0 Å². The molecule has 0 bridgehead atoms. The Morgan fingerprint density at radius 1 is 1.00 bits per heavy atom. The number of quaternary nitrogens is 2. The fourth-order valence-electron chi connectivity index (χ4n) is 3.67. The second kappa shape index (κ2) is 9.05. The lowest BCUT2D eigenvalue weighted by Gasteiger charge is -2.33. The molecule has 1 fully saturated rings. The molecule has 2 aromatic rings. The van der Waals surface area contributed by atoms with E-state index in [1.807, 2.05) is 0 Å². The van der Waals surface area contributed by atoms with Crippen molar-refractivity contribution >= 4 is 10.0 Å². The predicted octanol–water partition coefficient (Wildman–Crippen LogP) is -0.564. The maximum Gasteiger partial charge on any atom is 0.240 e. The van der Waals surface area contributed by atoms with Crippen molar-refractivity contribution in [1.82, 2.24) is 4.72 Å². The molecule has 0 spiro atoms. The second-order valence-electron chi connectivity index (χ2n) is 7.61. The number of piperazine rings is 1. The minimum Gasteiger partial charge on any atom is -0.497 e. The summed E-state index contributed by atoms with van der Waals surface area (Å²) in [5, 5.41) is 0. The Morgan fingerprint density at radius 3 is 2.18 bits per heavy atom. The zero-order valence-corrected chi connectivity index (χ0v) is 17.7. The quantitative estimate of drug-likeness (QED) is 0.579. The van der Waals surface area contributed by atoms with Crippen LogP contribution in [-0.4, -0.2) is 55.3 Å². The summed E-state index contributed by atoms with van der Waals surface area (Å²) in [5.74, 6) is 0.640. The highest BCUT2D eigenvalue weighted by Gasteiger charge is 2.30. The Morgan fingerprint density at radius 2 is 1.61 bits per heavy atom. The summed E-state index contributed by atoms with van der Waals surface area (Å²) in [6.45, 7) is 6.72. The summed E-state index contributed by atoms with van der Waals surface area (Å²) in [6.07, 6.45) is 0. The summed E-state index contributed by atoms with van der Waals surface area (Å²) >= 11 is 0. The van der Waals surface area contributed by atoms with Crippen LogP contribution in [0.4, 0.5) is 0 Å². The van der Waals surface area contributed by atoms with Crippen LogP contribution in [0.5, 0.6) is 5.75 Å². The highest BCUT2D eigenvalue weighted by molar-refractivity contribution is 7.89. The molecule has 7 heteroatoms. The van der Waals surface area contributed by atoms with Gasteiger partial charge in [0.25, 0.3) is 0 Å². The highest BCUT2D eigenvalue weighted by atomic mass is 32.2. The molecule has 0 radical (unpaired) electrons. The van der Waals surface area contributed by atoms with Gasteiger partial charge in [-0.05, 0) is 31.2 Å². The van der Waals surface area contributed by atoms with Crippen molar-refractivity contribution < 1.29 is 23.0 Å². The van der Waals surface area contributed by atoms with Gasteiger partial charge in [-0.2, -0.15) is 0 Å². The van der Waals surface area contributed by atoms with Crippen LogP contribution in [0.25, 0.3) is 0 Å². The standard InChI is InChI=1S/C21H29N3O3S/c1-17-4-6-18(7-5-17)21(24-14-12-23(2)13-15-24)16-22-28(25,26)20-10-8-19(27-3)9-11-20/h4-11,21-22H,12-16H2,1-3H3/p+2/t21-/m1/s1. The van der Waals surface area contributed by atoms with E-state index in [9.17, 15) is 8.42 Å². The number of aryl methyl sites for hydroxylation is 1. The fraction of sp³-hybridized carbons (Fsp3) is 0.429. The lowest BCUT2D eigenvalue weighted by Crippen LogP contribution is -3.27. The van der Waals surface area contributed by atoms with Crippen molar-refractivity contribution in [2.75, 3.05) is 46.9 Å². The van der Waals surface area contributed by atoms with Crippen LogP contribution >= 0.6 is 0 Å². The van der Waals surface area contributed by atoms with E-state index in [4.69, 9.17) is 4.74 Å². The summed E-state index contributed by atoms with van der Waals surface area (Å²) in [4.78, 5) is 3.23. The molecule has 1 aliphatic heterocycles. The lowest BCUT2D eigenvalue weighted by atomic mass is 10.0. The average Bonchev–Trinajstić information content (AvgIpc) is 2.70. The lowest BCUT2D eigenvalue weighted by molar-refractivity contribution is -1.02. The predicted molar refractivity (Wildman–Crippen MR) is 109 cm³/mol. The summed E-state index contributed by atoms with van der Waals surface area (Å²) in [5.41, 5.74) is 2.39. The van der Waals surface area contributed by atoms with Gasteiger partial charge in [0, 0.05) is 5.56 Å². The minimum absolute atomic E-state index is 0.0988. The maximum atomic E-state index is 12.8. The molecule has 6 nitrogen and oxygen atoms in total. The van der Waals surface area contributed by atoms with Gasteiger partial charge in [0.05, 0.1) is 25.6 Å². The molecule has 1 aliphatic rings. The van der Waals surface area contributed by atoms with Gasteiger partial charge in [0.15, 0.2) is 0 Å². The first-order chi connectivity index (χ1) is 13.4. The molecule has 2 aromatic carbocycles. The van der Waals surface area contributed by atoms with Crippen molar-refractivity contribution in [2.45, 2.75) is 17.9 Å². The number of ether oxygens (including phenoxy) is 1. The van der Waals surface area contributed by atoms with Crippen LogP contribution in [0, 0.1) is 6.92 Å². The number of methoxy groups -OCH3 is 1. The molecule has 0 aromatic heterocycles. The van der Waals surface area contributed by atoms with Gasteiger partial charge in [-0.25, -0.2) is 13.1 Å². The molecular weight excluding hydrogens is 374 g/mol. The van der Waals surface area contributed by atoms with E-state index in [-0.39, 0.29) is 10.9 Å². The third kappa shape index (κ3) is 5.11. The molecule has 0 amide bonds. The Labute approximate surface area is 168 Å². The Balaban J connectivity index is 1.77. The van der Waals surface area contributed by atoms with Gasteiger partial charge in [-0.15, -0.1) is 0 Å². The zero-order chi connectivity index (χ0) is 20.1. The molecule has 1 saturated heterocycles. The third-order valence-electron chi connectivity index (χ3n) is 5.57. The highest BCUT2D eigenvalue weighted by Crippen LogP contribution is 2.16. The fourth-order valence-corrected chi connectivity index (χ4v) is 4.72. The second-order valence-corrected chi connectivity index (χ2v) is 9.37. The monoisotopic (exact) mass is 405 g/mol. The van der Waals surface area contributed by atoms with E-state index in [2.05, 4.69) is 43.0 Å². The van der Waals surface area contributed by atoms with Gasteiger partial charge in [0.2, 0.25) is 10.0 Å². The van der Waals surface area contributed by atoms with E-state index < -0.39 is 10.0 Å². The number of hydrogen-bond donors (Lipinski definition) is 3. The first kappa shape index (κ1) is 20.8. The van der Waals surface area contributed by atoms with Crippen LogP contribution in [0.3, 0.4) is 0 Å². The number of rotatable bonds is 7. The summed E-state index contributed by atoms with van der Waals surface area (Å²) < 4.78 is 33.5. The van der Waals surface area contributed by atoms with Gasteiger partial charge < -0.3 is 14.5 Å². The molecule has 0 saturated carbocycles. The SMILES string of the molecule is COc1ccc(S(=O)(=O)NC[C@H](c2ccc(C)cc2)[NH+]2CC[NH+](C)CC2)cc1. The first-order valence-corrected chi connectivity index (χ1v) is 11.2. The van der Waals surface area contributed by atoms with E-state index in [0.717, 1.165) is 26.2 Å². The number of benzene rings is 2. The third-order valence-corrected chi connectivity index (χ3v) is 7.00. The molecule has 1 atom stereocenters. The van der Waals surface area contributed by atoms with Gasteiger partial charge in [0.1, 0.15) is 38.0 Å². The topological polar surface area (TPSA) is 64.3 Å². The number of hydrogen-bond acceptors (Lipinski definition) is 3. The van der Waals surface area contributed by atoms with E-state index >= 15 is 0 Å². The summed E-state index contributed by atoms with van der Waals surface area (Å²) in [6, 6.07) is 15.0. The molecule has 28 heavy (non-hydrogen) atoms. The molecule has 0 aliphatic carbocycles. The van der Waals surface area contributed by atoms with Crippen molar-refractivity contribution in [3.8, 4) is 5.75 Å². The van der Waals surface area contributed by atoms with Crippen molar-refractivity contribution in [2.24, 2.45) is 0 Å². The number of likely N-dealkylation sites (N-methyl/N-ethyl adjacent to an activating group) is 1. The molecule has 3 N–H and O–H groups in total. The van der Waals surface area contributed by atoms with Crippen LogP contribution in [0.15, 0.2) is 53.4 Å². The molecular formula is C21H31N3O3S+2. The first-order valence-electron chi connectivity index (χ1n) is 9.75. The van der Waals surface area contributed by atoms with Crippen LogP contribution < -0.4 is 19.3 Å². The number of sulfonamides is 1. The Hall–Kier alpha value is -1.93. The van der Waals surface area contributed by atoms with Crippen LogP contribution in [-0.2, 0) is 10.0 Å². The molecule has 0 unspecified atom stereocenters. The Bertz CT molecular complexity index is 859. The van der Waals surface area contributed by atoms with Gasteiger partial charge in [-0.3, -0.25) is 0 Å². The van der Waals surface area contributed by atoms with Crippen molar-refractivity contribution in [3.63, 3.8) is 0 Å². The van der Waals surface area contributed by atoms with Crippen molar-refractivity contribution in [1.29, 1.82) is 0 Å². The molecule has 3 rings (SSSR count). The average molecular weight is 406 g/mol. The van der Waals surface area contributed by atoms with Crippen molar-refractivity contribution in [3.05, 3.63) is 59.7 Å². The van der Waals surface area contributed by atoms with E-state index in [0.29, 0.717) is 12.3 Å². The van der Waals surface area contributed by atoms with E-state index in [1.165, 1.54) is 20.9 Å². The summed E-state index contributed by atoms with van der Waals surface area (Å²) in [7, 11) is 0.206. The zero-order valence-electron chi connectivity index (χ0n) is 16.9. The maximum absolute atomic E-state index is 12.8.